The van der Waals surface area contributed by atoms with Crippen LogP contribution in [0.15, 0.2) is 18.2 Å². The van der Waals surface area contributed by atoms with Gasteiger partial charge in [0.15, 0.2) is 0 Å². The van der Waals surface area contributed by atoms with E-state index in [0.717, 1.165) is 11.3 Å². The standard InChI is InChI=1S/C11H12N2O/c1-3-11(14)13-10-6-9(7-12)5-4-8(10)2/h4-6H,3H2,1-2H3,(H,13,14). The third-order valence-electron chi connectivity index (χ3n) is 1.96. The summed E-state index contributed by atoms with van der Waals surface area (Å²) in [6.45, 7) is 3.69. The van der Waals surface area contributed by atoms with Gasteiger partial charge in [0.05, 0.1) is 11.6 Å². The molecule has 0 aliphatic rings. The predicted molar refractivity (Wildman–Crippen MR) is 54.8 cm³/mol. The minimum atomic E-state index is -0.0387. The van der Waals surface area contributed by atoms with Gasteiger partial charge in [-0.3, -0.25) is 4.79 Å². The average Bonchev–Trinajstić information content (AvgIpc) is 2.21. The van der Waals surface area contributed by atoms with E-state index in [0.29, 0.717) is 12.0 Å². The number of nitrogens with zero attached hydrogens (tertiary/aromatic N) is 1. The minimum absolute atomic E-state index is 0.0387. The van der Waals surface area contributed by atoms with Crippen molar-refractivity contribution in [2.45, 2.75) is 20.3 Å². The van der Waals surface area contributed by atoms with Gasteiger partial charge < -0.3 is 5.32 Å². The van der Waals surface area contributed by atoms with Crippen molar-refractivity contribution < 1.29 is 4.79 Å². The molecule has 0 aliphatic heterocycles. The summed E-state index contributed by atoms with van der Waals surface area (Å²) in [6, 6.07) is 7.27. The molecule has 1 rings (SSSR count). The molecule has 0 radical (unpaired) electrons. The molecule has 1 amide bonds. The Morgan fingerprint density at radius 2 is 2.29 bits per heavy atom. The van der Waals surface area contributed by atoms with Crippen molar-refractivity contribution in [2.24, 2.45) is 0 Å². The summed E-state index contributed by atoms with van der Waals surface area (Å²) in [5.41, 5.74) is 2.24. The number of benzene rings is 1. The summed E-state index contributed by atoms with van der Waals surface area (Å²) in [5.74, 6) is -0.0387. The van der Waals surface area contributed by atoms with Crippen molar-refractivity contribution in [2.75, 3.05) is 5.32 Å². The molecule has 0 bridgehead atoms. The topological polar surface area (TPSA) is 52.9 Å². The second-order valence-corrected chi connectivity index (χ2v) is 3.04. The summed E-state index contributed by atoms with van der Waals surface area (Å²) in [4.78, 5) is 11.1. The second kappa shape index (κ2) is 4.43. The molecule has 0 aromatic heterocycles. The minimum Gasteiger partial charge on any atom is -0.326 e. The monoisotopic (exact) mass is 188 g/mol. The molecule has 1 aromatic carbocycles. The fraction of sp³-hybridized carbons (Fsp3) is 0.273. The first-order chi connectivity index (χ1) is 6.67. The number of nitriles is 1. The van der Waals surface area contributed by atoms with Crippen LogP contribution >= 0.6 is 0 Å². The van der Waals surface area contributed by atoms with Crippen molar-refractivity contribution >= 4 is 11.6 Å². The average molecular weight is 188 g/mol. The Morgan fingerprint density at radius 3 is 2.86 bits per heavy atom. The fourth-order valence-electron chi connectivity index (χ4n) is 1.06. The normalized spacial score (nSPS) is 9.21. The smallest absolute Gasteiger partial charge is 0.224 e. The molecule has 0 atom stereocenters. The Kier molecular flexibility index (Phi) is 3.24. The predicted octanol–water partition coefficient (Wildman–Crippen LogP) is 2.22. The molecule has 1 aromatic rings. The van der Waals surface area contributed by atoms with Crippen LogP contribution in [0, 0.1) is 18.3 Å². The molecule has 3 nitrogen and oxygen atoms in total. The van der Waals surface area contributed by atoms with Crippen LogP contribution in [0.25, 0.3) is 0 Å². The quantitative estimate of drug-likeness (QED) is 0.773. The molecule has 1 N–H and O–H groups in total. The van der Waals surface area contributed by atoms with Crippen molar-refractivity contribution in [3.63, 3.8) is 0 Å². The Hall–Kier alpha value is -1.82. The summed E-state index contributed by atoms with van der Waals surface area (Å²) in [6.07, 6.45) is 0.441. The molecule has 0 fully saturated rings. The lowest BCUT2D eigenvalue weighted by Gasteiger charge is -2.06. The number of aryl methyl sites for hydroxylation is 1. The van der Waals surface area contributed by atoms with Gasteiger partial charge in [-0.2, -0.15) is 5.26 Å². The van der Waals surface area contributed by atoms with Crippen LogP contribution in [0.2, 0.25) is 0 Å². The SMILES string of the molecule is CCC(=O)Nc1cc(C#N)ccc1C. The van der Waals surface area contributed by atoms with Crippen LogP contribution in [0.5, 0.6) is 0 Å². The maximum Gasteiger partial charge on any atom is 0.224 e. The number of carbonyl (C=O) groups excluding carboxylic acids is 1. The molecule has 0 heterocycles. The maximum absolute atomic E-state index is 11.1. The van der Waals surface area contributed by atoms with Gasteiger partial charge in [-0.1, -0.05) is 13.0 Å². The molecule has 3 heteroatoms. The zero-order valence-electron chi connectivity index (χ0n) is 8.29. The van der Waals surface area contributed by atoms with Gasteiger partial charge in [0.25, 0.3) is 0 Å². The zero-order valence-corrected chi connectivity index (χ0v) is 8.29. The molecular weight excluding hydrogens is 176 g/mol. The maximum atomic E-state index is 11.1. The largest absolute Gasteiger partial charge is 0.326 e. The highest BCUT2D eigenvalue weighted by molar-refractivity contribution is 5.91. The number of hydrogen-bond donors (Lipinski definition) is 1. The number of rotatable bonds is 2. The van der Waals surface area contributed by atoms with E-state index in [2.05, 4.69) is 5.32 Å². The van der Waals surface area contributed by atoms with Gasteiger partial charge in [0, 0.05) is 12.1 Å². The van der Waals surface area contributed by atoms with Crippen molar-refractivity contribution in [3.05, 3.63) is 29.3 Å². The van der Waals surface area contributed by atoms with E-state index < -0.39 is 0 Å². The van der Waals surface area contributed by atoms with Gasteiger partial charge >= 0.3 is 0 Å². The summed E-state index contributed by atoms with van der Waals surface area (Å²) in [5, 5.41) is 11.4. The molecule has 0 saturated heterocycles. The zero-order chi connectivity index (χ0) is 10.6. The Balaban J connectivity index is 2.96. The lowest BCUT2D eigenvalue weighted by atomic mass is 10.1. The highest BCUT2D eigenvalue weighted by Gasteiger charge is 2.03. The van der Waals surface area contributed by atoms with Crippen LogP contribution in [-0.2, 0) is 4.79 Å². The molecule has 0 spiro atoms. The number of carbonyl (C=O) groups is 1. The summed E-state index contributed by atoms with van der Waals surface area (Å²) >= 11 is 0. The number of anilines is 1. The van der Waals surface area contributed by atoms with E-state index in [4.69, 9.17) is 5.26 Å². The molecule has 0 saturated carbocycles. The van der Waals surface area contributed by atoms with Gasteiger partial charge in [-0.25, -0.2) is 0 Å². The van der Waals surface area contributed by atoms with Crippen LogP contribution in [0.1, 0.15) is 24.5 Å². The van der Waals surface area contributed by atoms with Gasteiger partial charge in [-0.15, -0.1) is 0 Å². The van der Waals surface area contributed by atoms with Crippen LogP contribution < -0.4 is 5.32 Å². The highest BCUT2D eigenvalue weighted by atomic mass is 16.1. The summed E-state index contributed by atoms with van der Waals surface area (Å²) in [7, 11) is 0. The number of nitrogens with one attached hydrogen (secondary N) is 1. The molecule has 0 aliphatic carbocycles. The summed E-state index contributed by atoms with van der Waals surface area (Å²) < 4.78 is 0. The van der Waals surface area contributed by atoms with E-state index in [1.807, 2.05) is 19.1 Å². The van der Waals surface area contributed by atoms with Crippen molar-refractivity contribution in [1.29, 1.82) is 5.26 Å². The van der Waals surface area contributed by atoms with Crippen molar-refractivity contribution in [3.8, 4) is 6.07 Å². The van der Waals surface area contributed by atoms with E-state index in [9.17, 15) is 4.79 Å². The molecular formula is C11H12N2O. The first-order valence-electron chi connectivity index (χ1n) is 4.48. The lowest BCUT2D eigenvalue weighted by Crippen LogP contribution is -2.10. The Morgan fingerprint density at radius 1 is 1.57 bits per heavy atom. The highest BCUT2D eigenvalue weighted by Crippen LogP contribution is 2.16. The Labute approximate surface area is 83.4 Å². The molecule has 14 heavy (non-hydrogen) atoms. The third-order valence-corrected chi connectivity index (χ3v) is 1.96. The van der Waals surface area contributed by atoms with Gasteiger partial charge in [0.2, 0.25) is 5.91 Å². The van der Waals surface area contributed by atoms with Gasteiger partial charge in [-0.05, 0) is 24.6 Å². The van der Waals surface area contributed by atoms with Crippen molar-refractivity contribution in [1.82, 2.24) is 0 Å². The van der Waals surface area contributed by atoms with E-state index >= 15 is 0 Å². The number of hydrogen-bond acceptors (Lipinski definition) is 2. The lowest BCUT2D eigenvalue weighted by molar-refractivity contribution is -0.115. The van der Waals surface area contributed by atoms with Crippen LogP contribution in [0.4, 0.5) is 5.69 Å². The Bertz CT molecular complexity index is 391. The van der Waals surface area contributed by atoms with Gasteiger partial charge in [0.1, 0.15) is 0 Å². The second-order valence-electron chi connectivity index (χ2n) is 3.04. The molecule has 72 valence electrons. The fourth-order valence-corrected chi connectivity index (χ4v) is 1.06. The number of amides is 1. The third kappa shape index (κ3) is 2.33. The first kappa shape index (κ1) is 10.3. The van der Waals surface area contributed by atoms with Crippen LogP contribution in [-0.4, -0.2) is 5.91 Å². The first-order valence-corrected chi connectivity index (χ1v) is 4.48. The van der Waals surface area contributed by atoms with E-state index in [-0.39, 0.29) is 5.91 Å². The molecule has 0 unspecified atom stereocenters. The van der Waals surface area contributed by atoms with E-state index in [1.165, 1.54) is 0 Å². The van der Waals surface area contributed by atoms with Crippen LogP contribution in [0.3, 0.4) is 0 Å². The van der Waals surface area contributed by atoms with E-state index in [1.54, 1.807) is 19.1 Å².